The average molecular weight is 502 g/mol. The van der Waals surface area contributed by atoms with Crippen molar-refractivity contribution in [2.24, 2.45) is 16.8 Å². The van der Waals surface area contributed by atoms with Crippen LogP contribution in [0.1, 0.15) is 66.4 Å². The summed E-state index contributed by atoms with van der Waals surface area (Å²) in [6.07, 6.45) is 0.331. The molecule has 1 N–H and O–H groups in total. The quantitative estimate of drug-likeness (QED) is 0.322. The van der Waals surface area contributed by atoms with E-state index in [0.29, 0.717) is 23.4 Å². The fourth-order valence-corrected chi connectivity index (χ4v) is 4.25. The number of aliphatic imine (C=N–C) groups is 1. The highest BCUT2D eigenvalue weighted by Gasteiger charge is 2.43. The summed E-state index contributed by atoms with van der Waals surface area (Å²) in [5.41, 5.74) is 0.345. The van der Waals surface area contributed by atoms with Gasteiger partial charge in [-0.25, -0.2) is 4.79 Å². The van der Waals surface area contributed by atoms with Crippen LogP contribution in [0, 0.1) is 22.0 Å². The number of non-ortho nitro benzene ring substituents is 1. The Labute approximate surface area is 211 Å². The van der Waals surface area contributed by atoms with E-state index in [9.17, 15) is 24.5 Å². The monoisotopic (exact) mass is 501 g/mol. The first-order chi connectivity index (χ1) is 16.7. The van der Waals surface area contributed by atoms with Gasteiger partial charge in [-0.05, 0) is 52.5 Å². The maximum absolute atomic E-state index is 13.7. The largest absolute Gasteiger partial charge is 0.468 e. The average Bonchev–Trinajstić information content (AvgIpc) is 2.76. The molecule has 0 aliphatic carbocycles. The standard InChI is InChI=1S/C26H35N3O7/c1-14(2)12-19(24(31)36-26(5,6)7)28-23(30)20-15(3)27-16(4)21(25(32)35-8)22(20)17-10-9-11-18(13-17)29(33)34/h9-11,13-14,19,21-22H,12H2,1-8H3,(H,28,30)/t19-,21?,22+/m0/s1. The first-order valence-electron chi connectivity index (χ1n) is 11.8. The van der Waals surface area contributed by atoms with Gasteiger partial charge >= 0.3 is 11.9 Å². The molecule has 1 unspecified atom stereocenters. The van der Waals surface area contributed by atoms with Crippen LogP contribution in [-0.4, -0.2) is 47.2 Å². The summed E-state index contributed by atoms with van der Waals surface area (Å²) < 4.78 is 10.5. The Kier molecular flexibility index (Phi) is 9.12. The molecule has 2 rings (SSSR count). The molecule has 1 heterocycles. The van der Waals surface area contributed by atoms with Crippen molar-refractivity contribution in [1.29, 1.82) is 0 Å². The van der Waals surface area contributed by atoms with Gasteiger partial charge in [0.15, 0.2) is 0 Å². The van der Waals surface area contributed by atoms with Crippen LogP contribution < -0.4 is 5.32 Å². The minimum atomic E-state index is -0.980. The number of nitrogens with zero attached hydrogens (tertiary/aromatic N) is 2. The molecule has 0 fully saturated rings. The van der Waals surface area contributed by atoms with E-state index >= 15 is 0 Å². The molecule has 1 aliphatic heterocycles. The van der Waals surface area contributed by atoms with Gasteiger partial charge < -0.3 is 14.8 Å². The van der Waals surface area contributed by atoms with Gasteiger partial charge in [-0.15, -0.1) is 0 Å². The van der Waals surface area contributed by atoms with Crippen LogP contribution in [0.25, 0.3) is 0 Å². The number of hydrogen-bond donors (Lipinski definition) is 1. The summed E-state index contributed by atoms with van der Waals surface area (Å²) in [4.78, 5) is 54.8. The predicted molar refractivity (Wildman–Crippen MR) is 134 cm³/mol. The molecule has 196 valence electrons. The minimum Gasteiger partial charge on any atom is -0.468 e. The number of rotatable bonds is 8. The smallest absolute Gasteiger partial charge is 0.329 e. The SMILES string of the molecule is COC(=O)C1C(C)=NC(C)=C(C(=O)N[C@@H](CC(C)C)C(=O)OC(C)(C)C)[C@H]1c1cccc([N+](=O)[O-])c1. The molecule has 0 saturated heterocycles. The number of esters is 2. The van der Waals surface area contributed by atoms with Gasteiger partial charge in [0.25, 0.3) is 5.69 Å². The van der Waals surface area contributed by atoms with Gasteiger partial charge in [0.05, 0.1) is 12.0 Å². The highest BCUT2D eigenvalue weighted by molar-refractivity contribution is 6.08. The number of carbonyl (C=O) groups is 3. The highest BCUT2D eigenvalue weighted by Crippen LogP contribution is 2.40. The molecule has 10 nitrogen and oxygen atoms in total. The van der Waals surface area contributed by atoms with Gasteiger partial charge in [0.2, 0.25) is 5.91 Å². The van der Waals surface area contributed by atoms with Gasteiger partial charge in [0, 0.05) is 35.0 Å². The van der Waals surface area contributed by atoms with Crippen molar-refractivity contribution in [3.8, 4) is 0 Å². The van der Waals surface area contributed by atoms with E-state index in [4.69, 9.17) is 9.47 Å². The van der Waals surface area contributed by atoms with Crippen LogP contribution in [0.15, 0.2) is 40.5 Å². The van der Waals surface area contributed by atoms with Crippen molar-refractivity contribution < 1.29 is 28.8 Å². The molecular formula is C26H35N3O7. The lowest BCUT2D eigenvalue weighted by atomic mass is 9.75. The van der Waals surface area contributed by atoms with Gasteiger partial charge in [-0.3, -0.25) is 24.7 Å². The molecular weight excluding hydrogens is 466 g/mol. The lowest BCUT2D eigenvalue weighted by Crippen LogP contribution is -2.47. The Balaban J connectivity index is 2.60. The summed E-state index contributed by atoms with van der Waals surface area (Å²) in [5.74, 6) is -3.63. The number of carbonyl (C=O) groups excluding carboxylic acids is 3. The van der Waals surface area contributed by atoms with E-state index in [1.165, 1.54) is 25.3 Å². The van der Waals surface area contributed by atoms with Gasteiger partial charge in [-0.1, -0.05) is 26.0 Å². The summed E-state index contributed by atoms with van der Waals surface area (Å²) in [6, 6.07) is 4.84. The zero-order valence-corrected chi connectivity index (χ0v) is 22.1. The second-order valence-corrected chi connectivity index (χ2v) is 10.3. The molecule has 1 aromatic carbocycles. The summed E-state index contributed by atoms with van der Waals surface area (Å²) in [7, 11) is 1.23. The van der Waals surface area contributed by atoms with Crippen molar-refractivity contribution in [3.63, 3.8) is 0 Å². The molecule has 0 saturated carbocycles. The van der Waals surface area contributed by atoms with E-state index in [-0.39, 0.29) is 17.2 Å². The molecule has 36 heavy (non-hydrogen) atoms. The van der Waals surface area contributed by atoms with Crippen molar-refractivity contribution in [3.05, 3.63) is 51.2 Å². The molecule has 1 amide bonds. The molecule has 10 heteroatoms. The molecule has 3 atom stereocenters. The van der Waals surface area contributed by atoms with E-state index in [1.54, 1.807) is 40.7 Å². The maximum Gasteiger partial charge on any atom is 0.329 e. The zero-order valence-electron chi connectivity index (χ0n) is 22.1. The molecule has 0 bridgehead atoms. The molecule has 1 aliphatic rings. The Morgan fingerprint density at radius 2 is 1.83 bits per heavy atom. The van der Waals surface area contributed by atoms with Gasteiger partial charge in [-0.2, -0.15) is 0 Å². The molecule has 0 radical (unpaired) electrons. The van der Waals surface area contributed by atoms with Crippen LogP contribution in [0.2, 0.25) is 0 Å². The normalized spacial score (nSPS) is 18.9. The number of benzene rings is 1. The van der Waals surface area contributed by atoms with Crippen LogP contribution >= 0.6 is 0 Å². The highest BCUT2D eigenvalue weighted by atomic mass is 16.6. The fraction of sp³-hybridized carbons (Fsp3) is 0.538. The predicted octanol–water partition coefficient (Wildman–Crippen LogP) is 4.09. The van der Waals surface area contributed by atoms with Crippen molar-refractivity contribution in [1.82, 2.24) is 5.32 Å². The summed E-state index contributed by atoms with van der Waals surface area (Å²) >= 11 is 0. The molecule has 0 spiro atoms. The van der Waals surface area contributed by atoms with Crippen LogP contribution in [0.5, 0.6) is 0 Å². The second kappa shape index (κ2) is 11.5. The maximum atomic E-state index is 13.7. The van der Waals surface area contributed by atoms with E-state index < -0.39 is 46.2 Å². The van der Waals surface area contributed by atoms with E-state index in [0.717, 1.165) is 0 Å². The lowest BCUT2D eigenvalue weighted by Gasteiger charge is -2.32. The third kappa shape index (κ3) is 6.99. The summed E-state index contributed by atoms with van der Waals surface area (Å²) in [5, 5.41) is 14.2. The Morgan fingerprint density at radius 3 is 2.36 bits per heavy atom. The van der Waals surface area contributed by atoms with Crippen LogP contribution in [0.3, 0.4) is 0 Å². The minimum absolute atomic E-state index is 0.0694. The number of nitro groups is 1. The van der Waals surface area contributed by atoms with Crippen molar-refractivity contribution >= 4 is 29.2 Å². The van der Waals surface area contributed by atoms with E-state index in [1.807, 2.05) is 13.8 Å². The number of amides is 1. The van der Waals surface area contributed by atoms with Crippen LogP contribution in [0.4, 0.5) is 5.69 Å². The number of hydrogen-bond acceptors (Lipinski definition) is 8. The number of allylic oxidation sites excluding steroid dienone is 1. The first kappa shape index (κ1) is 28.7. The number of nitro benzene ring substituents is 1. The second-order valence-electron chi connectivity index (χ2n) is 10.3. The Bertz CT molecular complexity index is 1100. The van der Waals surface area contributed by atoms with Crippen molar-refractivity contribution in [2.45, 2.75) is 72.4 Å². The number of methoxy groups -OCH3 is 1. The van der Waals surface area contributed by atoms with Gasteiger partial charge in [0.1, 0.15) is 17.6 Å². The van der Waals surface area contributed by atoms with Crippen LogP contribution in [-0.2, 0) is 23.9 Å². The summed E-state index contributed by atoms with van der Waals surface area (Å²) in [6.45, 7) is 12.3. The lowest BCUT2D eigenvalue weighted by molar-refractivity contribution is -0.384. The third-order valence-corrected chi connectivity index (χ3v) is 5.67. The van der Waals surface area contributed by atoms with E-state index in [2.05, 4.69) is 10.3 Å². The number of nitrogens with one attached hydrogen (secondary N) is 1. The first-order valence-corrected chi connectivity index (χ1v) is 11.8. The third-order valence-electron chi connectivity index (χ3n) is 5.67. The molecule has 0 aromatic heterocycles. The topological polar surface area (TPSA) is 137 Å². The zero-order chi connectivity index (χ0) is 27.4. The molecule has 1 aromatic rings. The number of ether oxygens (including phenoxy) is 2. The fourth-order valence-electron chi connectivity index (χ4n) is 4.25. The Hall–Kier alpha value is -3.56. The van der Waals surface area contributed by atoms with Crippen molar-refractivity contribution in [2.75, 3.05) is 7.11 Å². The Morgan fingerprint density at radius 1 is 1.19 bits per heavy atom.